The summed E-state index contributed by atoms with van der Waals surface area (Å²) in [7, 11) is -0.744. The lowest BCUT2D eigenvalue weighted by atomic mass is 9.70. The average Bonchev–Trinajstić information content (AvgIpc) is 2.86. The molecule has 3 nitrogen and oxygen atoms in total. The third-order valence-corrected chi connectivity index (χ3v) is 8.43. The first kappa shape index (κ1) is 30.8. The highest BCUT2D eigenvalue weighted by Gasteiger charge is 2.35. The zero-order valence-electron chi connectivity index (χ0n) is 23.5. The number of rotatable bonds is 7. The van der Waals surface area contributed by atoms with Crippen LogP contribution in [0.15, 0.2) is 48.3 Å². The highest BCUT2D eigenvalue weighted by Crippen LogP contribution is 2.41. The second kappa shape index (κ2) is 15.7. The minimum atomic E-state index is -0.744. The second-order valence-corrected chi connectivity index (χ2v) is 11.8. The molecule has 0 radical (unpaired) electrons. The molecule has 1 aliphatic carbocycles. The maximum absolute atomic E-state index is 11.8. The van der Waals surface area contributed by atoms with Crippen LogP contribution in [-0.2, 0) is 10.8 Å². The summed E-state index contributed by atoms with van der Waals surface area (Å²) in [6, 6.07) is 4.86. The van der Waals surface area contributed by atoms with Gasteiger partial charge in [0.25, 0.3) is 0 Å². The molecule has 0 spiro atoms. The smallest absolute Gasteiger partial charge is 0.0525 e. The normalized spacial score (nSPS) is 23.0. The highest BCUT2D eigenvalue weighted by molar-refractivity contribution is 7.85. The molecule has 194 valence electrons. The van der Waals surface area contributed by atoms with Crippen LogP contribution in [0.4, 0.5) is 0 Å². The van der Waals surface area contributed by atoms with Crippen molar-refractivity contribution >= 4 is 10.8 Å². The van der Waals surface area contributed by atoms with Crippen molar-refractivity contribution < 1.29 is 4.21 Å². The number of pyridine rings is 1. The van der Waals surface area contributed by atoms with Crippen LogP contribution in [0.25, 0.3) is 0 Å². The number of aromatic nitrogens is 1. The van der Waals surface area contributed by atoms with E-state index in [0.29, 0.717) is 17.9 Å². The Morgan fingerprint density at radius 1 is 1.06 bits per heavy atom. The Bertz CT molecular complexity index is 759. The van der Waals surface area contributed by atoms with Crippen molar-refractivity contribution in [2.24, 2.45) is 11.3 Å². The van der Waals surface area contributed by atoms with Crippen molar-refractivity contribution in [1.82, 2.24) is 9.88 Å². The van der Waals surface area contributed by atoms with Gasteiger partial charge in [0.05, 0.1) is 5.25 Å². The summed E-state index contributed by atoms with van der Waals surface area (Å²) < 4.78 is 11.8. The number of hydrogen-bond donors (Lipinski definition) is 0. The van der Waals surface area contributed by atoms with Crippen LogP contribution in [0.5, 0.6) is 0 Å². The maximum Gasteiger partial charge on any atom is 0.0525 e. The van der Waals surface area contributed by atoms with E-state index >= 15 is 0 Å². The summed E-state index contributed by atoms with van der Waals surface area (Å²) >= 11 is 0. The molecule has 4 atom stereocenters. The molecule has 0 aromatic carbocycles. The van der Waals surface area contributed by atoms with Gasteiger partial charge in [-0.15, -0.1) is 0 Å². The predicted octanol–water partition coefficient (Wildman–Crippen LogP) is 7.78. The Balaban J connectivity index is 0.00000137. The topological polar surface area (TPSA) is 33.2 Å². The van der Waals surface area contributed by atoms with Gasteiger partial charge in [0.1, 0.15) is 0 Å². The molecular formula is C30H52N2OS. The Hall–Kier alpha value is -1.26. The van der Waals surface area contributed by atoms with Crippen molar-refractivity contribution in [2.45, 2.75) is 105 Å². The Morgan fingerprint density at radius 3 is 2.12 bits per heavy atom. The van der Waals surface area contributed by atoms with Gasteiger partial charge >= 0.3 is 0 Å². The van der Waals surface area contributed by atoms with Gasteiger partial charge in [0, 0.05) is 35.5 Å². The number of hydrogen-bond acceptors (Lipinski definition) is 3. The van der Waals surface area contributed by atoms with Gasteiger partial charge in [-0.3, -0.25) is 14.1 Å². The molecule has 0 bridgehead atoms. The molecular weight excluding hydrogens is 436 g/mol. The number of allylic oxidation sites excluding steroid dienone is 2. The lowest BCUT2D eigenvalue weighted by Gasteiger charge is -2.43. The summed E-state index contributed by atoms with van der Waals surface area (Å²) in [6.07, 6.45) is 18.6. The van der Waals surface area contributed by atoms with Crippen LogP contribution in [0, 0.1) is 11.3 Å². The van der Waals surface area contributed by atoms with Crippen molar-refractivity contribution in [3.05, 3.63) is 53.9 Å². The molecule has 0 amide bonds. The largest absolute Gasteiger partial charge is 0.297 e. The van der Waals surface area contributed by atoms with Crippen LogP contribution in [-0.4, -0.2) is 44.7 Å². The minimum absolute atomic E-state index is 0.231. The molecule has 1 fully saturated rings. The zero-order chi connectivity index (χ0) is 25.7. The summed E-state index contributed by atoms with van der Waals surface area (Å²) in [5.74, 6) is 1.23. The van der Waals surface area contributed by atoms with Gasteiger partial charge in [-0.1, -0.05) is 65.3 Å². The molecule has 2 heterocycles. The molecule has 1 aliphatic heterocycles. The molecule has 34 heavy (non-hydrogen) atoms. The SMILES string of the molecule is CC.CC.CC(C)=CC(CC(C)(C)C1C=CC(S(C)=O)CC1)N1CCC(c2ccncc2)CC1. The van der Waals surface area contributed by atoms with E-state index in [-0.39, 0.29) is 10.7 Å². The first-order chi connectivity index (χ1) is 16.3. The fraction of sp³-hybridized carbons (Fsp3) is 0.700. The zero-order valence-corrected chi connectivity index (χ0v) is 24.3. The molecule has 1 saturated heterocycles. The van der Waals surface area contributed by atoms with Crippen LogP contribution in [0.2, 0.25) is 0 Å². The third-order valence-electron chi connectivity index (χ3n) is 7.19. The third kappa shape index (κ3) is 9.41. The van der Waals surface area contributed by atoms with E-state index in [9.17, 15) is 4.21 Å². The Kier molecular flexibility index (Phi) is 14.2. The van der Waals surface area contributed by atoms with E-state index in [0.717, 1.165) is 25.9 Å². The van der Waals surface area contributed by atoms with Gasteiger partial charge in [0.15, 0.2) is 0 Å². The molecule has 0 saturated carbocycles. The second-order valence-electron chi connectivity index (χ2n) is 10.2. The summed E-state index contributed by atoms with van der Waals surface area (Å²) in [5.41, 5.74) is 3.08. The standard InChI is InChI=1S/C26H40N2OS.2C2H6/c1-20(2)18-24(19-26(3,4)23-6-8-25(9-7-23)30(5)29)28-16-12-22(13-17-28)21-10-14-27-15-11-21;2*1-2/h6,8,10-11,14-15,18,22-25H,7,9,12-13,16-17,19H2,1-5H3;2*1-2H3. The molecule has 1 aromatic heterocycles. The summed E-state index contributed by atoms with van der Waals surface area (Å²) in [4.78, 5) is 6.89. The van der Waals surface area contributed by atoms with E-state index in [2.05, 4.69) is 67.9 Å². The monoisotopic (exact) mass is 488 g/mol. The lowest BCUT2D eigenvalue weighted by molar-refractivity contribution is 0.114. The molecule has 1 aromatic rings. The van der Waals surface area contributed by atoms with Gasteiger partial charge in [-0.2, -0.15) is 0 Å². The molecule has 0 N–H and O–H groups in total. The van der Waals surface area contributed by atoms with Gasteiger partial charge in [-0.25, -0.2) is 0 Å². The average molecular weight is 489 g/mol. The van der Waals surface area contributed by atoms with E-state index in [1.54, 1.807) is 0 Å². The minimum Gasteiger partial charge on any atom is -0.297 e. The van der Waals surface area contributed by atoms with Crippen LogP contribution >= 0.6 is 0 Å². The quantitative estimate of drug-likeness (QED) is 0.367. The van der Waals surface area contributed by atoms with Crippen molar-refractivity contribution in [3.63, 3.8) is 0 Å². The molecule has 2 aliphatic rings. The van der Waals surface area contributed by atoms with Crippen LogP contribution < -0.4 is 0 Å². The first-order valence-corrected chi connectivity index (χ1v) is 15.2. The number of piperidine rings is 1. The summed E-state index contributed by atoms with van der Waals surface area (Å²) in [6.45, 7) is 19.6. The van der Waals surface area contributed by atoms with E-state index in [1.807, 2.05) is 46.3 Å². The van der Waals surface area contributed by atoms with Crippen LogP contribution in [0.1, 0.15) is 99.0 Å². The molecule has 4 heteroatoms. The fourth-order valence-electron chi connectivity index (χ4n) is 5.29. The lowest BCUT2D eigenvalue weighted by Crippen LogP contribution is -2.43. The fourth-order valence-corrected chi connectivity index (χ4v) is 6.07. The van der Waals surface area contributed by atoms with Gasteiger partial charge in [-0.05, 0) is 94.0 Å². The van der Waals surface area contributed by atoms with Gasteiger partial charge < -0.3 is 0 Å². The van der Waals surface area contributed by atoms with Crippen LogP contribution in [0.3, 0.4) is 0 Å². The first-order valence-electron chi connectivity index (χ1n) is 13.6. The maximum atomic E-state index is 11.8. The molecule has 3 rings (SSSR count). The predicted molar refractivity (Wildman–Crippen MR) is 152 cm³/mol. The van der Waals surface area contributed by atoms with Gasteiger partial charge in [0.2, 0.25) is 0 Å². The Morgan fingerprint density at radius 2 is 1.65 bits per heavy atom. The van der Waals surface area contributed by atoms with E-state index in [1.165, 1.54) is 30.4 Å². The van der Waals surface area contributed by atoms with Crippen molar-refractivity contribution in [1.29, 1.82) is 0 Å². The number of nitrogens with zero attached hydrogens (tertiary/aromatic N) is 2. The Labute approximate surface area is 214 Å². The van der Waals surface area contributed by atoms with Crippen molar-refractivity contribution in [2.75, 3.05) is 19.3 Å². The van der Waals surface area contributed by atoms with E-state index in [4.69, 9.17) is 0 Å². The summed E-state index contributed by atoms with van der Waals surface area (Å²) in [5, 5.41) is 0.248. The van der Waals surface area contributed by atoms with Crippen molar-refractivity contribution in [3.8, 4) is 0 Å². The number of likely N-dealkylation sites (tertiary alicyclic amines) is 1. The highest BCUT2D eigenvalue weighted by atomic mass is 32.2. The molecule has 4 unspecified atom stereocenters. The van der Waals surface area contributed by atoms with E-state index < -0.39 is 10.8 Å².